The Kier molecular flexibility index (Phi) is 3.73. The lowest BCUT2D eigenvalue weighted by Gasteiger charge is -2.06. The van der Waals surface area contributed by atoms with Crippen LogP contribution in [0, 0.1) is 0 Å². The first-order chi connectivity index (χ1) is 9.42. The first-order valence-electron chi connectivity index (χ1n) is 5.93. The highest BCUT2D eigenvalue weighted by Crippen LogP contribution is 2.35. The lowest BCUT2D eigenvalue weighted by Crippen LogP contribution is -1.98. The molecule has 0 bridgehead atoms. The highest BCUT2D eigenvalue weighted by atomic mass is 32.2. The molecular weight excluding hydrogens is 266 g/mol. The number of hydrogen-bond donors (Lipinski definition) is 1. The molecule has 3 rings (SSSR count). The molecule has 7 heteroatoms. The van der Waals surface area contributed by atoms with E-state index in [9.17, 15) is 0 Å². The molecule has 6 nitrogen and oxygen atoms in total. The normalized spacial score (nSPS) is 12.6. The van der Waals surface area contributed by atoms with E-state index in [1.807, 2.05) is 18.2 Å². The number of nitrogens with zero attached hydrogens (tertiary/aromatic N) is 2. The third kappa shape index (κ3) is 3.11. The molecule has 2 heterocycles. The summed E-state index contributed by atoms with van der Waals surface area (Å²) in [5, 5.41) is 11.2. The van der Waals surface area contributed by atoms with Crippen LogP contribution in [-0.2, 0) is 0 Å². The quantitative estimate of drug-likeness (QED) is 0.645. The Labute approximate surface area is 114 Å². The average Bonchev–Trinajstić information content (AvgIpc) is 3.08. The number of ether oxygens (including phenoxy) is 3. The van der Waals surface area contributed by atoms with Crippen LogP contribution in [0.1, 0.15) is 6.42 Å². The fraction of sp³-hybridized carbons (Fsp3) is 0.333. The summed E-state index contributed by atoms with van der Waals surface area (Å²) in [5.74, 6) is 3.26. The van der Waals surface area contributed by atoms with Crippen molar-refractivity contribution < 1.29 is 14.2 Å². The lowest BCUT2D eigenvalue weighted by molar-refractivity contribution is 0.173. The van der Waals surface area contributed by atoms with Gasteiger partial charge in [0.2, 0.25) is 6.79 Å². The largest absolute Gasteiger partial charge is 0.493 e. The Morgan fingerprint density at radius 3 is 3.16 bits per heavy atom. The van der Waals surface area contributed by atoms with Crippen molar-refractivity contribution >= 4 is 11.8 Å². The first-order valence-corrected chi connectivity index (χ1v) is 6.91. The molecule has 1 N–H and O–H groups in total. The number of aromatic nitrogens is 3. The minimum atomic E-state index is 0.285. The highest BCUT2D eigenvalue weighted by molar-refractivity contribution is 7.99. The van der Waals surface area contributed by atoms with E-state index in [1.165, 1.54) is 0 Å². The molecule has 0 saturated heterocycles. The SMILES string of the molecule is c1cc2c(cc1OCCCSc1cn[nH]n1)OCO2. The van der Waals surface area contributed by atoms with E-state index >= 15 is 0 Å². The predicted molar refractivity (Wildman–Crippen MR) is 69.8 cm³/mol. The molecule has 0 aliphatic carbocycles. The molecule has 0 fully saturated rings. The second kappa shape index (κ2) is 5.83. The number of rotatable bonds is 6. The number of thioether (sulfide) groups is 1. The van der Waals surface area contributed by atoms with Crippen LogP contribution in [0.5, 0.6) is 17.2 Å². The maximum absolute atomic E-state index is 5.66. The summed E-state index contributed by atoms with van der Waals surface area (Å²) < 4.78 is 16.2. The van der Waals surface area contributed by atoms with E-state index < -0.39 is 0 Å². The highest BCUT2D eigenvalue weighted by Gasteiger charge is 2.13. The van der Waals surface area contributed by atoms with E-state index in [2.05, 4.69) is 15.4 Å². The van der Waals surface area contributed by atoms with Crippen LogP contribution < -0.4 is 14.2 Å². The zero-order valence-corrected chi connectivity index (χ0v) is 11.0. The average molecular weight is 279 g/mol. The minimum Gasteiger partial charge on any atom is -0.493 e. The van der Waals surface area contributed by atoms with Crippen LogP contribution in [0.2, 0.25) is 0 Å². The smallest absolute Gasteiger partial charge is 0.231 e. The molecule has 1 aliphatic heterocycles. The van der Waals surface area contributed by atoms with Gasteiger partial charge in [-0.2, -0.15) is 10.3 Å². The number of hydrogen-bond acceptors (Lipinski definition) is 6. The summed E-state index contributed by atoms with van der Waals surface area (Å²) in [4.78, 5) is 0. The first kappa shape index (κ1) is 12.2. The molecular formula is C12H13N3O3S. The van der Waals surface area contributed by atoms with Crippen molar-refractivity contribution in [1.82, 2.24) is 15.4 Å². The fourth-order valence-electron chi connectivity index (χ4n) is 1.65. The Morgan fingerprint density at radius 2 is 2.26 bits per heavy atom. The zero-order valence-electron chi connectivity index (χ0n) is 10.2. The third-order valence-corrected chi connectivity index (χ3v) is 3.53. The monoisotopic (exact) mass is 279 g/mol. The summed E-state index contributed by atoms with van der Waals surface area (Å²) in [6.07, 6.45) is 2.65. The van der Waals surface area contributed by atoms with Crippen molar-refractivity contribution in [3.63, 3.8) is 0 Å². The predicted octanol–water partition coefficient (Wildman–Crippen LogP) is 2.09. The Hall–Kier alpha value is -1.89. The van der Waals surface area contributed by atoms with Gasteiger partial charge in [-0.1, -0.05) is 0 Å². The Morgan fingerprint density at radius 1 is 1.32 bits per heavy atom. The molecule has 2 aromatic rings. The van der Waals surface area contributed by atoms with Crippen LogP contribution >= 0.6 is 11.8 Å². The molecule has 1 aromatic carbocycles. The van der Waals surface area contributed by atoms with E-state index in [4.69, 9.17) is 14.2 Å². The molecule has 0 radical (unpaired) electrons. The van der Waals surface area contributed by atoms with E-state index in [0.29, 0.717) is 6.61 Å². The number of nitrogens with one attached hydrogen (secondary N) is 1. The van der Waals surface area contributed by atoms with Gasteiger partial charge in [0, 0.05) is 11.8 Å². The molecule has 0 spiro atoms. The van der Waals surface area contributed by atoms with Crippen molar-refractivity contribution in [2.45, 2.75) is 11.4 Å². The molecule has 0 amide bonds. The number of benzene rings is 1. The number of H-pyrrole nitrogens is 1. The van der Waals surface area contributed by atoms with Crippen molar-refractivity contribution in [2.75, 3.05) is 19.2 Å². The Balaban J connectivity index is 1.40. The van der Waals surface area contributed by atoms with Gasteiger partial charge >= 0.3 is 0 Å². The van der Waals surface area contributed by atoms with Crippen LogP contribution in [-0.4, -0.2) is 34.6 Å². The molecule has 1 aliphatic rings. The summed E-state index contributed by atoms with van der Waals surface area (Å²) in [7, 11) is 0. The molecule has 19 heavy (non-hydrogen) atoms. The molecule has 0 unspecified atom stereocenters. The summed E-state index contributed by atoms with van der Waals surface area (Å²) in [5.41, 5.74) is 0. The summed E-state index contributed by atoms with van der Waals surface area (Å²) >= 11 is 1.65. The van der Waals surface area contributed by atoms with Gasteiger partial charge in [-0.25, -0.2) is 0 Å². The minimum absolute atomic E-state index is 0.285. The van der Waals surface area contributed by atoms with Crippen LogP contribution in [0.4, 0.5) is 0 Å². The maximum atomic E-state index is 5.66. The molecule has 100 valence electrons. The fourth-order valence-corrected chi connectivity index (χ4v) is 2.36. The standard InChI is InChI=1S/C12H13N3O3S/c1(5-19-12-7-13-15-14-12)4-16-9-2-3-10-11(6-9)18-8-17-10/h2-3,6-7H,1,4-5,8H2,(H,13,14,15). The third-order valence-electron chi connectivity index (χ3n) is 2.54. The van der Waals surface area contributed by atoms with Crippen LogP contribution in [0.3, 0.4) is 0 Å². The second-order valence-corrected chi connectivity index (χ2v) is 4.99. The van der Waals surface area contributed by atoms with Gasteiger partial charge in [0.05, 0.1) is 12.8 Å². The van der Waals surface area contributed by atoms with Gasteiger partial charge in [0.15, 0.2) is 11.5 Å². The van der Waals surface area contributed by atoms with Crippen LogP contribution in [0.15, 0.2) is 29.4 Å². The van der Waals surface area contributed by atoms with Crippen molar-refractivity contribution in [2.24, 2.45) is 0 Å². The Bertz CT molecular complexity index is 533. The van der Waals surface area contributed by atoms with Gasteiger partial charge in [-0.3, -0.25) is 0 Å². The van der Waals surface area contributed by atoms with E-state index in [1.54, 1.807) is 18.0 Å². The van der Waals surface area contributed by atoms with Crippen molar-refractivity contribution in [3.8, 4) is 17.2 Å². The van der Waals surface area contributed by atoms with E-state index in [0.717, 1.165) is 34.4 Å². The zero-order chi connectivity index (χ0) is 12.9. The van der Waals surface area contributed by atoms with Gasteiger partial charge < -0.3 is 14.2 Å². The van der Waals surface area contributed by atoms with Gasteiger partial charge in [0.25, 0.3) is 0 Å². The number of fused-ring (bicyclic) bond motifs is 1. The van der Waals surface area contributed by atoms with Crippen LogP contribution in [0.25, 0.3) is 0 Å². The second-order valence-electron chi connectivity index (χ2n) is 3.87. The lowest BCUT2D eigenvalue weighted by atomic mass is 10.3. The van der Waals surface area contributed by atoms with Crippen molar-refractivity contribution in [1.29, 1.82) is 0 Å². The maximum Gasteiger partial charge on any atom is 0.231 e. The van der Waals surface area contributed by atoms with Gasteiger partial charge in [-0.15, -0.1) is 16.9 Å². The summed E-state index contributed by atoms with van der Waals surface area (Å²) in [6, 6.07) is 5.60. The van der Waals surface area contributed by atoms with E-state index in [-0.39, 0.29) is 6.79 Å². The molecule has 1 aromatic heterocycles. The molecule has 0 saturated carbocycles. The topological polar surface area (TPSA) is 69.3 Å². The number of aromatic amines is 1. The van der Waals surface area contributed by atoms with Gasteiger partial charge in [-0.05, 0) is 18.6 Å². The van der Waals surface area contributed by atoms with Gasteiger partial charge in [0.1, 0.15) is 10.8 Å². The summed E-state index contributed by atoms with van der Waals surface area (Å²) in [6.45, 7) is 0.942. The van der Waals surface area contributed by atoms with Crippen molar-refractivity contribution in [3.05, 3.63) is 24.4 Å². The molecule has 0 atom stereocenters.